The maximum absolute atomic E-state index is 11.8. The van der Waals surface area contributed by atoms with Crippen molar-refractivity contribution in [3.63, 3.8) is 0 Å². The minimum Gasteiger partial charge on any atom is -0.464 e. The molecule has 0 spiro atoms. The first-order valence-electron chi connectivity index (χ1n) is 6.76. The summed E-state index contributed by atoms with van der Waals surface area (Å²) in [5, 5.41) is 9.81. The third-order valence-corrected chi connectivity index (χ3v) is 2.48. The van der Waals surface area contributed by atoms with Crippen LogP contribution in [0.2, 0.25) is 0 Å². The average Bonchev–Trinajstić information content (AvgIpc) is 2.87. The molecule has 0 aliphatic carbocycles. The molecule has 1 amide bonds. The normalized spacial score (nSPS) is 10.8. The van der Waals surface area contributed by atoms with Gasteiger partial charge in [-0.15, -0.1) is 5.10 Å². The topological polar surface area (TPSA) is 122 Å². The van der Waals surface area contributed by atoms with Gasteiger partial charge in [-0.25, -0.2) is 19.1 Å². The number of amides is 1. The van der Waals surface area contributed by atoms with E-state index >= 15 is 0 Å². The standard InChI is InChI=1S/C13H20N4O6/c1-13(2,3)23-12(20)14-6-7-17-9(11(19)22-5)8(15-16-17)10(18)21-4/h6-7H2,1-5H3,(H,14,20). The highest BCUT2D eigenvalue weighted by Gasteiger charge is 2.26. The van der Waals surface area contributed by atoms with Crippen LogP contribution in [-0.2, 0) is 20.8 Å². The van der Waals surface area contributed by atoms with Gasteiger partial charge in [-0.2, -0.15) is 0 Å². The third-order valence-electron chi connectivity index (χ3n) is 2.48. The number of hydrogen-bond donors (Lipinski definition) is 1. The van der Waals surface area contributed by atoms with Crippen LogP contribution in [-0.4, -0.2) is 59.4 Å². The zero-order valence-corrected chi connectivity index (χ0v) is 13.7. The van der Waals surface area contributed by atoms with E-state index in [0.717, 1.165) is 11.8 Å². The predicted octanol–water partition coefficient (Wildman–Crippen LogP) is 0.376. The van der Waals surface area contributed by atoms with Crippen molar-refractivity contribution >= 4 is 18.0 Å². The lowest BCUT2D eigenvalue weighted by Gasteiger charge is -2.19. The lowest BCUT2D eigenvalue weighted by molar-refractivity contribution is 0.0522. The highest BCUT2D eigenvalue weighted by atomic mass is 16.6. The molecule has 1 aromatic heterocycles. The van der Waals surface area contributed by atoms with E-state index in [9.17, 15) is 14.4 Å². The van der Waals surface area contributed by atoms with Gasteiger partial charge >= 0.3 is 18.0 Å². The fourth-order valence-corrected chi connectivity index (χ4v) is 1.58. The van der Waals surface area contributed by atoms with Gasteiger partial charge in [-0.1, -0.05) is 5.21 Å². The van der Waals surface area contributed by atoms with Crippen LogP contribution in [0.25, 0.3) is 0 Å². The van der Waals surface area contributed by atoms with Crippen LogP contribution >= 0.6 is 0 Å². The Morgan fingerprint density at radius 3 is 2.26 bits per heavy atom. The molecule has 0 saturated heterocycles. The Morgan fingerprint density at radius 2 is 1.74 bits per heavy atom. The molecule has 0 radical (unpaired) electrons. The van der Waals surface area contributed by atoms with E-state index < -0.39 is 23.6 Å². The summed E-state index contributed by atoms with van der Waals surface area (Å²) in [7, 11) is 2.33. The SMILES string of the molecule is COC(=O)c1nnn(CCNC(=O)OC(C)(C)C)c1C(=O)OC. The number of ether oxygens (including phenoxy) is 3. The highest BCUT2D eigenvalue weighted by molar-refractivity contribution is 6.00. The number of nitrogens with one attached hydrogen (secondary N) is 1. The first-order valence-corrected chi connectivity index (χ1v) is 6.76. The fraction of sp³-hybridized carbons (Fsp3) is 0.615. The van der Waals surface area contributed by atoms with Gasteiger partial charge in [-0.3, -0.25) is 0 Å². The van der Waals surface area contributed by atoms with Gasteiger partial charge < -0.3 is 19.5 Å². The summed E-state index contributed by atoms with van der Waals surface area (Å²) in [6.07, 6.45) is -0.606. The zero-order valence-electron chi connectivity index (χ0n) is 13.7. The molecule has 0 aromatic carbocycles. The first kappa shape index (κ1) is 18.4. The van der Waals surface area contributed by atoms with Crippen LogP contribution in [0.15, 0.2) is 0 Å². The smallest absolute Gasteiger partial charge is 0.407 e. The van der Waals surface area contributed by atoms with Crippen molar-refractivity contribution in [3.8, 4) is 0 Å². The Morgan fingerprint density at radius 1 is 1.13 bits per heavy atom. The lowest BCUT2D eigenvalue weighted by Crippen LogP contribution is -2.34. The summed E-state index contributed by atoms with van der Waals surface area (Å²) in [5.41, 5.74) is -1.02. The maximum atomic E-state index is 11.8. The van der Waals surface area contributed by atoms with E-state index in [4.69, 9.17) is 4.74 Å². The van der Waals surface area contributed by atoms with Crippen LogP contribution in [0.3, 0.4) is 0 Å². The number of carbonyl (C=O) groups excluding carboxylic acids is 3. The number of aromatic nitrogens is 3. The molecule has 0 atom stereocenters. The number of esters is 2. The number of nitrogens with zero attached hydrogens (tertiary/aromatic N) is 3. The summed E-state index contributed by atoms with van der Waals surface area (Å²) in [4.78, 5) is 34.9. The second-order valence-electron chi connectivity index (χ2n) is 5.42. The highest BCUT2D eigenvalue weighted by Crippen LogP contribution is 2.09. The molecule has 0 fully saturated rings. The van der Waals surface area contributed by atoms with E-state index in [0.29, 0.717) is 0 Å². The molecule has 128 valence electrons. The largest absolute Gasteiger partial charge is 0.464 e. The van der Waals surface area contributed by atoms with Gasteiger partial charge in [0, 0.05) is 6.54 Å². The average molecular weight is 328 g/mol. The minimum absolute atomic E-state index is 0.0909. The quantitative estimate of drug-likeness (QED) is 0.608. The van der Waals surface area contributed by atoms with Crippen LogP contribution in [0.1, 0.15) is 41.7 Å². The predicted molar refractivity (Wildman–Crippen MR) is 76.9 cm³/mol. The van der Waals surface area contributed by atoms with Gasteiger partial charge in [0.25, 0.3) is 0 Å². The summed E-state index contributed by atoms with van der Waals surface area (Å²) in [6, 6.07) is 0. The Kier molecular flexibility index (Phi) is 6.05. The molecule has 10 heteroatoms. The first-order chi connectivity index (χ1) is 10.7. The van der Waals surface area contributed by atoms with E-state index in [1.54, 1.807) is 20.8 Å². The Balaban J connectivity index is 2.77. The molecular formula is C13H20N4O6. The molecule has 1 rings (SSSR count). The van der Waals surface area contributed by atoms with Gasteiger partial charge in [0.1, 0.15) is 5.60 Å². The van der Waals surface area contributed by atoms with Crippen LogP contribution in [0, 0.1) is 0 Å². The van der Waals surface area contributed by atoms with Gasteiger partial charge in [0.2, 0.25) is 5.69 Å². The summed E-state index contributed by atoms with van der Waals surface area (Å²) >= 11 is 0. The molecule has 1 aromatic rings. The monoisotopic (exact) mass is 328 g/mol. The number of alkyl carbamates (subject to hydrolysis) is 1. The third kappa shape index (κ3) is 5.24. The van der Waals surface area contributed by atoms with Crippen LogP contribution in [0.4, 0.5) is 4.79 Å². The van der Waals surface area contributed by atoms with E-state index in [1.807, 2.05) is 0 Å². The molecule has 0 aliphatic rings. The number of hydrogen-bond acceptors (Lipinski definition) is 8. The van der Waals surface area contributed by atoms with Crippen molar-refractivity contribution in [1.29, 1.82) is 0 Å². The molecule has 0 bridgehead atoms. The molecule has 0 unspecified atom stereocenters. The fourth-order valence-electron chi connectivity index (χ4n) is 1.58. The number of rotatable bonds is 5. The zero-order chi connectivity index (χ0) is 17.6. The van der Waals surface area contributed by atoms with Crippen molar-refractivity contribution in [1.82, 2.24) is 20.3 Å². The maximum Gasteiger partial charge on any atom is 0.407 e. The van der Waals surface area contributed by atoms with Crippen LogP contribution < -0.4 is 5.32 Å². The molecule has 1 heterocycles. The summed E-state index contributed by atoms with van der Waals surface area (Å²) < 4.78 is 15.4. The second kappa shape index (κ2) is 7.56. The van der Waals surface area contributed by atoms with Gasteiger partial charge in [0.15, 0.2) is 5.69 Å². The Labute approximate surface area is 133 Å². The van der Waals surface area contributed by atoms with E-state index in [2.05, 4.69) is 25.1 Å². The lowest BCUT2D eigenvalue weighted by atomic mass is 10.2. The molecule has 23 heavy (non-hydrogen) atoms. The summed E-state index contributed by atoms with van der Waals surface area (Å²) in [6.45, 7) is 5.42. The van der Waals surface area contributed by atoms with E-state index in [1.165, 1.54) is 7.11 Å². The Hall–Kier alpha value is -2.65. The van der Waals surface area contributed by atoms with Gasteiger partial charge in [-0.05, 0) is 20.8 Å². The van der Waals surface area contributed by atoms with E-state index in [-0.39, 0.29) is 24.5 Å². The van der Waals surface area contributed by atoms with Gasteiger partial charge in [0.05, 0.1) is 20.8 Å². The molecule has 0 saturated carbocycles. The second-order valence-corrected chi connectivity index (χ2v) is 5.42. The van der Waals surface area contributed by atoms with Crippen molar-refractivity contribution in [2.75, 3.05) is 20.8 Å². The number of methoxy groups -OCH3 is 2. The van der Waals surface area contributed by atoms with Crippen molar-refractivity contribution in [2.45, 2.75) is 32.9 Å². The molecule has 10 nitrogen and oxygen atoms in total. The van der Waals surface area contributed by atoms with Crippen molar-refractivity contribution < 1.29 is 28.6 Å². The molecular weight excluding hydrogens is 308 g/mol. The minimum atomic E-state index is -0.809. The summed E-state index contributed by atoms with van der Waals surface area (Å²) in [5.74, 6) is -1.59. The van der Waals surface area contributed by atoms with Crippen molar-refractivity contribution in [2.24, 2.45) is 0 Å². The van der Waals surface area contributed by atoms with Crippen molar-refractivity contribution in [3.05, 3.63) is 11.4 Å². The molecule has 0 aliphatic heterocycles. The molecule has 1 N–H and O–H groups in total. The Bertz CT molecular complexity index is 590. The number of carbonyl (C=O) groups is 3. The van der Waals surface area contributed by atoms with Crippen LogP contribution in [0.5, 0.6) is 0 Å².